The highest BCUT2D eigenvalue weighted by Gasteiger charge is 2.32. The number of nitriles is 1. The van der Waals surface area contributed by atoms with Crippen molar-refractivity contribution < 1.29 is 14.4 Å². The van der Waals surface area contributed by atoms with Gasteiger partial charge in [0.15, 0.2) is 0 Å². The number of urea groups is 1. The third-order valence-electron chi connectivity index (χ3n) is 6.71. The van der Waals surface area contributed by atoms with Gasteiger partial charge in [0, 0.05) is 25.1 Å². The van der Waals surface area contributed by atoms with E-state index in [4.69, 9.17) is 22.6 Å². The van der Waals surface area contributed by atoms with Crippen LogP contribution in [-0.2, 0) is 9.59 Å². The van der Waals surface area contributed by atoms with Crippen molar-refractivity contribution >= 4 is 30.0 Å². The van der Waals surface area contributed by atoms with Crippen LogP contribution in [0.15, 0.2) is 10.1 Å². The fraction of sp³-hybridized carbons (Fsp3) is 0.793. The zero-order chi connectivity index (χ0) is 31.6. The van der Waals surface area contributed by atoms with Gasteiger partial charge in [0.05, 0.1) is 12.6 Å². The topological polar surface area (TPSA) is 226 Å². The number of rotatable bonds is 19. The van der Waals surface area contributed by atoms with E-state index in [0.29, 0.717) is 31.7 Å². The monoisotopic (exact) mass is 592 g/mol. The Morgan fingerprint density at radius 3 is 2.17 bits per heavy atom. The Hall–Kier alpha value is -3.40. The summed E-state index contributed by atoms with van der Waals surface area (Å²) in [4.78, 5) is 41.1. The predicted octanol–water partition coefficient (Wildman–Crippen LogP) is 2.91. The Balaban J connectivity index is 0.00000393. The average Bonchev–Trinajstić information content (AvgIpc) is 3.47. The SMILES string of the molecule is CC(C)C.N#CCCCCCCCCC(C(=O)N[C@@H](CCCN=C(N)NN)C(=O)NC/C=N/NC(N)=O)C1CCCC1. The van der Waals surface area contributed by atoms with Crippen LogP contribution in [0.4, 0.5) is 4.79 Å². The molecule has 0 radical (unpaired) electrons. The molecule has 1 fully saturated rings. The van der Waals surface area contributed by atoms with Crippen LogP contribution in [0.1, 0.15) is 111 Å². The second-order valence-electron chi connectivity index (χ2n) is 11.3. The molecule has 0 aliphatic heterocycles. The molecule has 10 N–H and O–H groups in total. The number of guanidine groups is 1. The summed E-state index contributed by atoms with van der Waals surface area (Å²) in [7, 11) is 0. The van der Waals surface area contributed by atoms with Gasteiger partial charge < -0.3 is 22.1 Å². The van der Waals surface area contributed by atoms with Crippen LogP contribution in [0, 0.1) is 29.1 Å². The largest absolute Gasteiger partial charge is 0.369 e. The Kier molecular flexibility index (Phi) is 23.3. The lowest BCUT2D eigenvalue weighted by Crippen LogP contribution is -2.49. The molecule has 2 atom stereocenters. The molecule has 1 aliphatic rings. The number of hydrazone groups is 1. The van der Waals surface area contributed by atoms with Gasteiger partial charge in [-0.3, -0.25) is 20.0 Å². The highest BCUT2D eigenvalue weighted by Crippen LogP contribution is 2.34. The van der Waals surface area contributed by atoms with Crippen molar-refractivity contribution in [2.24, 2.45) is 45.2 Å². The van der Waals surface area contributed by atoms with E-state index in [1.54, 1.807) is 0 Å². The molecular formula is C29H56N10O3. The lowest BCUT2D eigenvalue weighted by molar-refractivity contribution is -0.132. The maximum atomic E-state index is 13.4. The summed E-state index contributed by atoms with van der Waals surface area (Å²) < 4.78 is 0. The fourth-order valence-electron chi connectivity index (χ4n) is 4.73. The Labute approximate surface area is 252 Å². The minimum Gasteiger partial charge on any atom is -0.369 e. The maximum absolute atomic E-state index is 13.4. The molecule has 0 aromatic heterocycles. The molecule has 240 valence electrons. The molecule has 13 nitrogen and oxygen atoms in total. The number of hydrogen-bond acceptors (Lipinski definition) is 7. The van der Waals surface area contributed by atoms with Crippen molar-refractivity contribution in [3.8, 4) is 6.07 Å². The summed E-state index contributed by atoms with van der Waals surface area (Å²) in [5.74, 6) is 5.93. The molecule has 0 bridgehead atoms. The number of aliphatic imine (C=N–C) groups is 1. The van der Waals surface area contributed by atoms with Gasteiger partial charge >= 0.3 is 6.03 Å². The second-order valence-corrected chi connectivity index (χ2v) is 11.3. The van der Waals surface area contributed by atoms with Gasteiger partial charge in [-0.1, -0.05) is 65.7 Å². The van der Waals surface area contributed by atoms with Crippen LogP contribution in [0.3, 0.4) is 0 Å². The predicted molar refractivity (Wildman–Crippen MR) is 168 cm³/mol. The van der Waals surface area contributed by atoms with Gasteiger partial charge in [0.1, 0.15) is 6.04 Å². The lowest BCUT2D eigenvalue weighted by Gasteiger charge is -2.26. The third-order valence-corrected chi connectivity index (χ3v) is 6.71. The van der Waals surface area contributed by atoms with E-state index >= 15 is 0 Å². The molecule has 0 heterocycles. The summed E-state index contributed by atoms with van der Waals surface area (Å²) >= 11 is 0. The van der Waals surface area contributed by atoms with Crippen LogP contribution >= 0.6 is 0 Å². The molecule has 13 heteroatoms. The normalized spacial score (nSPS) is 14.9. The van der Waals surface area contributed by atoms with Crippen molar-refractivity contribution in [3.63, 3.8) is 0 Å². The number of nitrogens with two attached hydrogens (primary N) is 3. The lowest BCUT2D eigenvalue weighted by atomic mass is 9.85. The van der Waals surface area contributed by atoms with Gasteiger partial charge in [-0.05, 0) is 50.4 Å². The highest BCUT2D eigenvalue weighted by atomic mass is 16.2. The summed E-state index contributed by atoms with van der Waals surface area (Å²) in [5, 5.41) is 17.9. The van der Waals surface area contributed by atoms with Crippen molar-refractivity contribution in [2.45, 2.75) is 117 Å². The van der Waals surface area contributed by atoms with Crippen molar-refractivity contribution in [1.82, 2.24) is 21.5 Å². The smallest absolute Gasteiger partial charge is 0.332 e. The maximum Gasteiger partial charge on any atom is 0.332 e. The van der Waals surface area contributed by atoms with Crippen molar-refractivity contribution in [3.05, 3.63) is 0 Å². The van der Waals surface area contributed by atoms with E-state index in [1.165, 1.54) is 6.21 Å². The number of primary amides is 1. The van der Waals surface area contributed by atoms with E-state index in [2.05, 4.69) is 58.4 Å². The Morgan fingerprint density at radius 1 is 0.952 bits per heavy atom. The second kappa shape index (κ2) is 25.3. The minimum atomic E-state index is -0.804. The number of carbonyl (C=O) groups excluding carboxylic acids is 3. The fourth-order valence-corrected chi connectivity index (χ4v) is 4.73. The van der Waals surface area contributed by atoms with Gasteiger partial charge in [0.25, 0.3) is 0 Å². The minimum absolute atomic E-state index is 0.0636. The number of carbonyl (C=O) groups is 3. The summed E-state index contributed by atoms with van der Waals surface area (Å²) in [6.45, 7) is 6.91. The standard InChI is InChI=1S/C25H46N10O3.C4H10/c26-15-9-5-3-1-2-4-6-13-20(19-11-7-8-12-19)22(36)33-21(14-10-16-31-24(27)34-29)23(37)30-17-18-32-35-25(28)38;1-4(2)3/h18-21H,1-14,16-17,29H2,(H,30,37)(H,33,36)(H3,27,31,34)(H3,28,35,38);4H,1-3H3/b32-18+;/t20?,21-;/m0./s1. The van der Waals surface area contributed by atoms with Gasteiger partial charge in [-0.25, -0.2) is 16.1 Å². The number of amides is 4. The molecule has 1 saturated carbocycles. The molecule has 1 aliphatic carbocycles. The molecule has 0 spiro atoms. The first-order chi connectivity index (χ1) is 20.1. The van der Waals surface area contributed by atoms with E-state index in [0.717, 1.165) is 76.5 Å². The molecule has 0 aromatic rings. The molecule has 0 aromatic carbocycles. The van der Waals surface area contributed by atoms with Crippen LogP contribution in [-0.4, -0.2) is 49.2 Å². The Bertz CT molecular complexity index is 848. The average molecular weight is 593 g/mol. The number of hydrogen-bond donors (Lipinski definition) is 7. The van der Waals surface area contributed by atoms with Gasteiger partial charge in [0.2, 0.25) is 17.8 Å². The van der Waals surface area contributed by atoms with E-state index in [9.17, 15) is 14.4 Å². The summed E-state index contributed by atoms with van der Waals surface area (Å²) in [6.07, 6.45) is 14.2. The van der Waals surface area contributed by atoms with E-state index in [1.807, 2.05) is 0 Å². The van der Waals surface area contributed by atoms with Gasteiger partial charge in [-0.15, -0.1) is 0 Å². The Morgan fingerprint density at radius 2 is 1.57 bits per heavy atom. The molecule has 4 amide bonds. The van der Waals surface area contributed by atoms with Crippen LogP contribution in [0.5, 0.6) is 0 Å². The summed E-state index contributed by atoms with van der Waals surface area (Å²) in [6, 6.07) is 0.629. The quantitative estimate of drug-likeness (QED) is 0.0389. The first-order valence-corrected chi connectivity index (χ1v) is 15.4. The zero-order valence-electron chi connectivity index (χ0n) is 26.0. The third kappa shape index (κ3) is 21.4. The molecule has 0 saturated heterocycles. The molecular weight excluding hydrogens is 536 g/mol. The number of hydrazine groups is 1. The highest BCUT2D eigenvalue weighted by molar-refractivity contribution is 5.89. The molecule has 42 heavy (non-hydrogen) atoms. The van der Waals surface area contributed by atoms with Crippen LogP contribution in [0.25, 0.3) is 0 Å². The zero-order valence-corrected chi connectivity index (χ0v) is 26.0. The first-order valence-electron chi connectivity index (χ1n) is 15.4. The van der Waals surface area contributed by atoms with Crippen molar-refractivity contribution in [2.75, 3.05) is 13.1 Å². The van der Waals surface area contributed by atoms with Crippen LogP contribution < -0.4 is 38.8 Å². The number of unbranched alkanes of at least 4 members (excludes halogenated alkanes) is 6. The summed E-state index contributed by atoms with van der Waals surface area (Å²) in [5.41, 5.74) is 14.8. The van der Waals surface area contributed by atoms with Crippen molar-refractivity contribution in [1.29, 1.82) is 5.26 Å². The molecule has 1 unspecified atom stereocenters. The number of nitrogens with one attached hydrogen (secondary N) is 4. The molecule has 1 rings (SSSR count). The van der Waals surface area contributed by atoms with Crippen LogP contribution in [0.2, 0.25) is 0 Å². The van der Waals surface area contributed by atoms with E-state index < -0.39 is 12.1 Å². The number of nitrogens with zero attached hydrogens (tertiary/aromatic N) is 3. The van der Waals surface area contributed by atoms with E-state index in [-0.39, 0.29) is 30.2 Å². The van der Waals surface area contributed by atoms with Gasteiger partial charge in [-0.2, -0.15) is 10.4 Å². The first kappa shape index (κ1) is 38.6.